The number of rotatable bonds is 8. The summed E-state index contributed by atoms with van der Waals surface area (Å²) in [5.74, 6) is -3.67. The number of aliphatic carboxylic acids is 1. The van der Waals surface area contributed by atoms with Crippen LogP contribution in [0.3, 0.4) is 0 Å². The number of hydrogen-bond donors (Lipinski definition) is 2. The molecule has 0 aliphatic rings. The van der Waals surface area contributed by atoms with E-state index in [4.69, 9.17) is 9.47 Å². The van der Waals surface area contributed by atoms with Gasteiger partial charge in [-0.1, -0.05) is 37.3 Å². The summed E-state index contributed by atoms with van der Waals surface area (Å²) in [7, 11) is 1.54. The van der Waals surface area contributed by atoms with Crippen LogP contribution in [0.15, 0.2) is 48.8 Å². The number of carbonyl (C=O) groups is 2. The first kappa shape index (κ1) is 20.4. The summed E-state index contributed by atoms with van der Waals surface area (Å²) >= 11 is 0. The van der Waals surface area contributed by atoms with Crippen molar-refractivity contribution in [1.82, 2.24) is 9.97 Å². The minimum atomic E-state index is -1.42. The Kier molecular flexibility index (Phi) is 6.16. The lowest BCUT2D eigenvalue weighted by molar-refractivity contribution is -0.162. The number of aromatic amines is 1. The predicted molar refractivity (Wildman–Crippen MR) is 108 cm³/mol. The van der Waals surface area contributed by atoms with Crippen LogP contribution in [0.2, 0.25) is 0 Å². The smallest absolute Gasteiger partial charge is 0.321 e. The van der Waals surface area contributed by atoms with Gasteiger partial charge in [0, 0.05) is 18.3 Å². The summed E-state index contributed by atoms with van der Waals surface area (Å²) in [4.78, 5) is 32.5. The monoisotopic (exact) mass is 396 g/mol. The molecule has 0 aliphatic carbocycles. The molecule has 0 fully saturated rings. The molecule has 0 aliphatic heterocycles. The molecule has 152 valence electrons. The van der Waals surface area contributed by atoms with Gasteiger partial charge in [-0.25, -0.2) is 4.98 Å². The summed E-state index contributed by atoms with van der Waals surface area (Å²) in [6.07, 6.45) is 3.51. The number of carbonyl (C=O) groups excluding carboxylic acids is 1. The second kappa shape index (κ2) is 8.77. The third-order valence-electron chi connectivity index (χ3n) is 5.03. The number of fused-ring (bicyclic) bond motifs is 1. The molecule has 29 heavy (non-hydrogen) atoms. The zero-order valence-corrected chi connectivity index (χ0v) is 16.6. The van der Waals surface area contributed by atoms with E-state index in [-0.39, 0.29) is 6.10 Å². The van der Waals surface area contributed by atoms with Crippen molar-refractivity contribution in [2.24, 2.45) is 5.92 Å². The number of H-pyrrole nitrogens is 1. The number of methoxy groups -OCH3 is 1. The quantitative estimate of drug-likeness (QED) is 0.444. The van der Waals surface area contributed by atoms with Crippen molar-refractivity contribution in [3.63, 3.8) is 0 Å². The summed E-state index contributed by atoms with van der Waals surface area (Å²) in [5, 5.41) is 10.6. The average molecular weight is 396 g/mol. The van der Waals surface area contributed by atoms with Crippen molar-refractivity contribution in [2.75, 3.05) is 7.11 Å². The van der Waals surface area contributed by atoms with Crippen molar-refractivity contribution in [2.45, 2.75) is 32.3 Å². The second-order valence-corrected chi connectivity index (χ2v) is 6.84. The van der Waals surface area contributed by atoms with Gasteiger partial charge in [-0.2, -0.15) is 0 Å². The molecule has 0 bridgehead atoms. The Bertz CT molecular complexity index is 999. The Morgan fingerprint density at radius 1 is 1.21 bits per heavy atom. The molecule has 2 N–H and O–H groups in total. The van der Waals surface area contributed by atoms with Gasteiger partial charge in [-0.05, 0) is 30.5 Å². The number of esters is 1. The van der Waals surface area contributed by atoms with E-state index in [0.29, 0.717) is 34.3 Å². The van der Waals surface area contributed by atoms with E-state index in [2.05, 4.69) is 9.97 Å². The van der Waals surface area contributed by atoms with Crippen molar-refractivity contribution in [3.8, 4) is 5.75 Å². The maximum Gasteiger partial charge on any atom is 0.321 e. The van der Waals surface area contributed by atoms with Crippen molar-refractivity contribution >= 4 is 23.0 Å². The van der Waals surface area contributed by atoms with Crippen LogP contribution in [0, 0.1) is 5.92 Å². The first-order valence-corrected chi connectivity index (χ1v) is 9.46. The third kappa shape index (κ3) is 4.08. The number of hydrogen-bond acceptors (Lipinski definition) is 5. The number of nitrogens with one attached hydrogen (secondary N) is 1. The fourth-order valence-electron chi connectivity index (χ4n) is 3.41. The van der Waals surface area contributed by atoms with Gasteiger partial charge in [0.25, 0.3) is 0 Å². The van der Waals surface area contributed by atoms with E-state index in [9.17, 15) is 14.7 Å². The molecule has 0 saturated carbocycles. The SMILES string of the molecule is CCC(C)OC(=O)C(C(=O)O)C(c1ccccc1)c1c[nH]c2nccc(OC)c12. The molecule has 0 amide bonds. The number of nitrogens with zero attached hydrogens (tertiary/aromatic N) is 1. The van der Waals surface area contributed by atoms with E-state index >= 15 is 0 Å². The van der Waals surface area contributed by atoms with Crippen molar-refractivity contribution < 1.29 is 24.2 Å². The number of carboxylic acid groups (broad SMARTS) is 1. The van der Waals surface area contributed by atoms with Gasteiger partial charge < -0.3 is 19.6 Å². The predicted octanol–water partition coefficient (Wildman–Crippen LogP) is 3.75. The van der Waals surface area contributed by atoms with Crippen LogP contribution in [-0.2, 0) is 14.3 Å². The summed E-state index contributed by atoms with van der Waals surface area (Å²) in [6, 6.07) is 10.8. The molecule has 3 rings (SSSR count). The normalized spacial score (nSPS) is 14.2. The van der Waals surface area contributed by atoms with Gasteiger partial charge in [-0.3, -0.25) is 9.59 Å². The lowest BCUT2D eigenvalue weighted by atomic mass is 9.80. The maximum absolute atomic E-state index is 12.9. The number of pyridine rings is 1. The fraction of sp³-hybridized carbons (Fsp3) is 0.318. The largest absolute Gasteiger partial charge is 0.496 e. The molecular weight excluding hydrogens is 372 g/mol. The van der Waals surface area contributed by atoms with Gasteiger partial charge in [0.05, 0.1) is 18.6 Å². The van der Waals surface area contributed by atoms with Crippen LogP contribution in [-0.4, -0.2) is 40.2 Å². The molecule has 2 aromatic heterocycles. The topological polar surface area (TPSA) is 102 Å². The third-order valence-corrected chi connectivity index (χ3v) is 5.03. The highest BCUT2D eigenvalue weighted by Crippen LogP contribution is 2.40. The molecule has 0 saturated heterocycles. The lowest BCUT2D eigenvalue weighted by Gasteiger charge is -2.25. The van der Waals surface area contributed by atoms with Crippen LogP contribution < -0.4 is 4.74 Å². The zero-order chi connectivity index (χ0) is 21.0. The molecule has 3 aromatic rings. The van der Waals surface area contributed by atoms with Crippen molar-refractivity contribution in [3.05, 3.63) is 59.9 Å². The van der Waals surface area contributed by atoms with E-state index in [0.717, 1.165) is 0 Å². The minimum Gasteiger partial charge on any atom is -0.496 e. The number of ether oxygens (including phenoxy) is 2. The molecule has 1 aromatic carbocycles. The van der Waals surface area contributed by atoms with E-state index in [1.807, 2.05) is 25.1 Å². The summed E-state index contributed by atoms with van der Waals surface area (Å²) < 4.78 is 10.9. The highest BCUT2D eigenvalue weighted by molar-refractivity contribution is 5.97. The minimum absolute atomic E-state index is 0.375. The number of benzene rings is 1. The molecule has 0 radical (unpaired) electrons. The fourth-order valence-corrected chi connectivity index (χ4v) is 3.41. The van der Waals surface area contributed by atoms with Crippen LogP contribution in [0.1, 0.15) is 37.3 Å². The molecule has 3 unspecified atom stereocenters. The highest BCUT2D eigenvalue weighted by Gasteiger charge is 2.40. The van der Waals surface area contributed by atoms with Gasteiger partial charge >= 0.3 is 11.9 Å². The van der Waals surface area contributed by atoms with Gasteiger partial charge in [0.2, 0.25) is 0 Å². The van der Waals surface area contributed by atoms with Crippen LogP contribution in [0.4, 0.5) is 0 Å². The van der Waals surface area contributed by atoms with E-state index in [1.165, 1.54) is 7.11 Å². The average Bonchev–Trinajstić information content (AvgIpc) is 3.15. The Morgan fingerprint density at radius 2 is 1.93 bits per heavy atom. The Balaban J connectivity index is 2.20. The lowest BCUT2D eigenvalue weighted by Crippen LogP contribution is -2.34. The number of aromatic nitrogens is 2. The van der Waals surface area contributed by atoms with Crippen LogP contribution >= 0.6 is 0 Å². The molecule has 3 atom stereocenters. The Morgan fingerprint density at radius 3 is 2.55 bits per heavy atom. The Hall–Kier alpha value is -3.35. The number of carboxylic acids is 1. The second-order valence-electron chi connectivity index (χ2n) is 6.84. The highest BCUT2D eigenvalue weighted by atomic mass is 16.5. The van der Waals surface area contributed by atoms with Gasteiger partial charge in [-0.15, -0.1) is 0 Å². The first-order valence-electron chi connectivity index (χ1n) is 9.46. The molecular formula is C22H24N2O5. The molecule has 0 spiro atoms. The van der Waals surface area contributed by atoms with Gasteiger partial charge in [0.15, 0.2) is 5.92 Å². The van der Waals surface area contributed by atoms with Crippen LogP contribution in [0.25, 0.3) is 11.0 Å². The Labute approximate surface area is 168 Å². The maximum atomic E-state index is 12.9. The molecule has 7 heteroatoms. The van der Waals surface area contributed by atoms with Crippen LogP contribution in [0.5, 0.6) is 5.75 Å². The standard InChI is InChI=1S/C22H24N2O5/c1-4-13(2)29-22(27)19(21(25)26)17(14-8-6-5-7-9-14)15-12-24-20-18(15)16(28-3)10-11-23-20/h5-13,17,19H,4H2,1-3H3,(H,23,24)(H,25,26). The first-order chi connectivity index (χ1) is 14.0. The zero-order valence-electron chi connectivity index (χ0n) is 16.6. The van der Waals surface area contributed by atoms with Crippen molar-refractivity contribution in [1.29, 1.82) is 0 Å². The van der Waals surface area contributed by atoms with E-state index in [1.54, 1.807) is 37.5 Å². The van der Waals surface area contributed by atoms with Gasteiger partial charge in [0.1, 0.15) is 11.4 Å². The molecule has 2 heterocycles. The molecule has 7 nitrogen and oxygen atoms in total. The summed E-state index contributed by atoms with van der Waals surface area (Å²) in [5.41, 5.74) is 1.86. The van der Waals surface area contributed by atoms with E-state index < -0.39 is 23.8 Å². The summed E-state index contributed by atoms with van der Waals surface area (Å²) in [6.45, 7) is 3.62.